The first kappa shape index (κ1) is 16.4. The lowest BCUT2D eigenvalue weighted by atomic mass is 10.2. The first-order valence-corrected chi connectivity index (χ1v) is 9.21. The summed E-state index contributed by atoms with van der Waals surface area (Å²) in [6.07, 6.45) is 1.73. The van der Waals surface area contributed by atoms with Gasteiger partial charge in [-0.1, -0.05) is 23.5 Å². The average Bonchev–Trinajstić information content (AvgIpc) is 2.92. The molecule has 2 aromatic rings. The molecule has 1 amide bonds. The molecule has 1 aromatic heterocycles. The molecule has 0 aliphatic heterocycles. The monoisotopic (exact) mass is 340 g/mol. The lowest BCUT2D eigenvalue weighted by Gasteiger charge is -2.08. The van der Waals surface area contributed by atoms with Crippen LogP contribution < -0.4 is 10.0 Å². The van der Waals surface area contributed by atoms with Gasteiger partial charge in [-0.15, -0.1) is 5.10 Å². The molecule has 0 fully saturated rings. The highest BCUT2D eigenvalue weighted by Crippen LogP contribution is 2.13. The molecule has 0 aliphatic rings. The van der Waals surface area contributed by atoms with Gasteiger partial charge in [0.05, 0.1) is 11.9 Å². The molecule has 0 saturated heterocycles. The fourth-order valence-electron chi connectivity index (χ4n) is 1.83. The van der Waals surface area contributed by atoms with Crippen molar-refractivity contribution in [1.29, 1.82) is 0 Å². The van der Waals surface area contributed by atoms with Crippen LogP contribution in [0.4, 0.5) is 5.69 Å². The van der Waals surface area contributed by atoms with Gasteiger partial charge in [0, 0.05) is 12.2 Å². The number of benzene rings is 1. The Kier molecular flexibility index (Phi) is 5.09. The lowest BCUT2D eigenvalue weighted by Crippen LogP contribution is -2.23. The summed E-state index contributed by atoms with van der Waals surface area (Å²) in [6.45, 7) is 2.20. The van der Waals surface area contributed by atoms with Crippen molar-refractivity contribution in [3.05, 3.63) is 40.4 Å². The Morgan fingerprint density at radius 1 is 1.36 bits per heavy atom. The van der Waals surface area contributed by atoms with Crippen molar-refractivity contribution in [3.63, 3.8) is 0 Å². The SMILES string of the molecule is CCc1nnsc1C(=O)NCc1cccc(NS(C)(=O)=O)c1. The normalized spacial score (nSPS) is 11.2. The van der Waals surface area contributed by atoms with Gasteiger partial charge in [0.25, 0.3) is 5.91 Å². The zero-order valence-corrected chi connectivity index (χ0v) is 13.8. The van der Waals surface area contributed by atoms with E-state index in [4.69, 9.17) is 0 Å². The van der Waals surface area contributed by atoms with Crippen molar-refractivity contribution in [1.82, 2.24) is 14.9 Å². The number of carbonyl (C=O) groups excluding carboxylic acids is 1. The number of nitrogens with one attached hydrogen (secondary N) is 2. The van der Waals surface area contributed by atoms with E-state index in [0.717, 1.165) is 23.4 Å². The van der Waals surface area contributed by atoms with Gasteiger partial charge < -0.3 is 5.32 Å². The van der Waals surface area contributed by atoms with E-state index in [1.54, 1.807) is 24.3 Å². The van der Waals surface area contributed by atoms with Gasteiger partial charge in [0.2, 0.25) is 10.0 Å². The maximum atomic E-state index is 12.1. The average molecular weight is 340 g/mol. The predicted molar refractivity (Wildman–Crippen MR) is 85.4 cm³/mol. The third-order valence-corrected chi connectivity index (χ3v) is 4.15. The first-order valence-electron chi connectivity index (χ1n) is 6.55. The molecule has 0 unspecified atom stereocenters. The molecule has 0 radical (unpaired) electrons. The molecule has 118 valence electrons. The van der Waals surface area contributed by atoms with Crippen molar-refractivity contribution in [2.45, 2.75) is 19.9 Å². The summed E-state index contributed by atoms with van der Waals surface area (Å²) >= 11 is 1.06. The summed E-state index contributed by atoms with van der Waals surface area (Å²) in [4.78, 5) is 12.6. The molecule has 0 bridgehead atoms. The molecule has 1 heterocycles. The summed E-state index contributed by atoms with van der Waals surface area (Å²) in [6, 6.07) is 6.85. The van der Waals surface area contributed by atoms with Gasteiger partial charge >= 0.3 is 0 Å². The second kappa shape index (κ2) is 6.84. The third-order valence-electron chi connectivity index (χ3n) is 2.78. The molecule has 2 rings (SSSR count). The summed E-state index contributed by atoms with van der Waals surface area (Å²) < 4.78 is 28.6. The smallest absolute Gasteiger partial charge is 0.265 e. The number of anilines is 1. The Labute approximate surface area is 133 Å². The number of aryl methyl sites for hydroxylation is 1. The lowest BCUT2D eigenvalue weighted by molar-refractivity contribution is 0.0954. The summed E-state index contributed by atoms with van der Waals surface area (Å²) in [7, 11) is -3.32. The number of hydrogen-bond donors (Lipinski definition) is 2. The van der Waals surface area contributed by atoms with E-state index in [0.29, 0.717) is 29.2 Å². The highest BCUT2D eigenvalue weighted by atomic mass is 32.2. The predicted octanol–water partition coefficient (Wildman–Crippen LogP) is 1.40. The molecule has 0 spiro atoms. The van der Waals surface area contributed by atoms with E-state index in [1.165, 1.54) is 0 Å². The second-order valence-electron chi connectivity index (χ2n) is 4.66. The number of amides is 1. The van der Waals surface area contributed by atoms with Crippen LogP contribution in [0.15, 0.2) is 24.3 Å². The molecule has 2 N–H and O–H groups in total. The van der Waals surface area contributed by atoms with Crippen molar-refractivity contribution in [2.24, 2.45) is 0 Å². The van der Waals surface area contributed by atoms with Crippen LogP contribution in [-0.4, -0.2) is 30.2 Å². The highest BCUT2D eigenvalue weighted by Gasteiger charge is 2.14. The molecule has 22 heavy (non-hydrogen) atoms. The number of rotatable bonds is 6. The standard InChI is InChI=1S/C13H16N4O3S2/c1-3-11-12(21-17-15-11)13(18)14-8-9-5-4-6-10(7-9)16-22(2,19)20/h4-7,16H,3,8H2,1-2H3,(H,14,18). The van der Waals surface area contributed by atoms with E-state index in [1.807, 2.05) is 6.92 Å². The van der Waals surface area contributed by atoms with Crippen LogP contribution in [0, 0.1) is 0 Å². The van der Waals surface area contributed by atoms with Crippen LogP contribution in [0.2, 0.25) is 0 Å². The molecule has 0 atom stereocenters. The van der Waals surface area contributed by atoms with Gasteiger partial charge in [-0.2, -0.15) is 0 Å². The maximum Gasteiger partial charge on any atom is 0.265 e. The van der Waals surface area contributed by atoms with Crippen molar-refractivity contribution in [3.8, 4) is 0 Å². The Balaban J connectivity index is 2.03. The Morgan fingerprint density at radius 3 is 2.82 bits per heavy atom. The van der Waals surface area contributed by atoms with Crippen LogP contribution in [-0.2, 0) is 23.0 Å². The van der Waals surface area contributed by atoms with Crippen LogP contribution in [0.1, 0.15) is 27.9 Å². The number of hydrogen-bond acceptors (Lipinski definition) is 6. The molecule has 7 nitrogen and oxygen atoms in total. The molecule has 0 aliphatic carbocycles. The maximum absolute atomic E-state index is 12.1. The molecule has 0 saturated carbocycles. The molecular formula is C13H16N4O3S2. The van der Waals surface area contributed by atoms with Gasteiger partial charge in [0.1, 0.15) is 4.88 Å². The van der Waals surface area contributed by atoms with Gasteiger partial charge in [0.15, 0.2) is 0 Å². The minimum Gasteiger partial charge on any atom is -0.347 e. The van der Waals surface area contributed by atoms with E-state index < -0.39 is 10.0 Å². The Hall–Kier alpha value is -2.00. The number of sulfonamides is 1. The highest BCUT2D eigenvalue weighted by molar-refractivity contribution is 7.92. The van der Waals surface area contributed by atoms with Crippen LogP contribution >= 0.6 is 11.5 Å². The van der Waals surface area contributed by atoms with Crippen molar-refractivity contribution < 1.29 is 13.2 Å². The van der Waals surface area contributed by atoms with E-state index in [2.05, 4.69) is 19.6 Å². The largest absolute Gasteiger partial charge is 0.347 e. The van der Waals surface area contributed by atoms with Crippen LogP contribution in [0.25, 0.3) is 0 Å². The van der Waals surface area contributed by atoms with Gasteiger partial charge in [-0.05, 0) is 35.6 Å². The topological polar surface area (TPSA) is 101 Å². The van der Waals surface area contributed by atoms with E-state index in [-0.39, 0.29) is 5.91 Å². The number of aromatic nitrogens is 2. The van der Waals surface area contributed by atoms with Crippen LogP contribution in [0.5, 0.6) is 0 Å². The van der Waals surface area contributed by atoms with E-state index in [9.17, 15) is 13.2 Å². The number of carbonyl (C=O) groups is 1. The fraction of sp³-hybridized carbons (Fsp3) is 0.308. The summed E-state index contributed by atoms with van der Waals surface area (Å²) in [5.41, 5.74) is 1.93. The fourth-order valence-corrected chi connectivity index (χ4v) is 3.06. The van der Waals surface area contributed by atoms with Crippen molar-refractivity contribution >= 4 is 33.2 Å². The summed E-state index contributed by atoms with van der Waals surface area (Å²) in [5.74, 6) is -0.228. The van der Waals surface area contributed by atoms with Crippen molar-refractivity contribution in [2.75, 3.05) is 11.0 Å². The Morgan fingerprint density at radius 2 is 2.14 bits per heavy atom. The van der Waals surface area contributed by atoms with E-state index >= 15 is 0 Å². The number of nitrogens with zero attached hydrogens (tertiary/aromatic N) is 2. The zero-order chi connectivity index (χ0) is 16.2. The first-order chi connectivity index (χ1) is 10.4. The molecule has 9 heteroatoms. The Bertz CT molecular complexity index is 771. The van der Waals surface area contributed by atoms with Gasteiger partial charge in [-0.25, -0.2) is 8.42 Å². The zero-order valence-electron chi connectivity index (χ0n) is 12.2. The quantitative estimate of drug-likeness (QED) is 0.828. The van der Waals surface area contributed by atoms with Crippen LogP contribution in [0.3, 0.4) is 0 Å². The summed E-state index contributed by atoms with van der Waals surface area (Å²) in [5, 5.41) is 6.68. The third kappa shape index (κ3) is 4.50. The van der Waals surface area contributed by atoms with Gasteiger partial charge in [-0.3, -0.25) is 9.52 Å². The molecular weight excluding hydrogens is 324 g/mol. The second-order valence-corrected chi connectivity index (χ2v) is 7.16. The minimum atomic E-state index is -3.32. The molecule has 1 aromatic carbocycles. The minimum absolute atomic E-state index is 0.228.